The van der Waals surface area contributed by atoms with E-state index < -0.39 is 10.0 Å². The maximum atomic E-state index is 13.4. The maximum Gasteiger partial charge on any atom is 0.261 e. The van der Waals surface area contributed by atoms with Crippen LogP contribution in [0, 0.1) is 6.92 Å². The first-order chi connectivity index (χ1) is 19.8. The molecule has 2 heterocycles. The van der Waals surface area contributed by atoms with Gasteiger partial charge in [0.15, 0.2) is 5.71 Å². The van der Waals surface area contributed by atoms with Crippen LogP contribution >= 0.6 is 0 Å². The zero-order valence-corrected chi connectivity index (χ0v) is 26.3. The van der Waals surface area contributed by atoms with Crippen LogP contribution in [0.1, 0.15) is 44.4 Å². The van der Waals surface area contributed by atoms with Gasteiger partial charge >= 0.3 is 0 Å². The number of allylic oxidation sites excluding steroid dienone is 7. The van der Waals surface area contributed by atoms with Gasteiger partial charge in [-0.2, -0.15) is 4.58 Å². The zero-order chi connectivity index (χ0) is 30.3. The third-order valence-electron chi connectivity index (χ3n) is 8.52. The summed E-state index contributed by atoms with van der Waals surface area (Å²) in [6.45, 7) is 10.8. The predicted octanol–water partition coefficient (Wildman–Crippen LogP) is 7.29. The van der Waals surface area contributed by atoms with E-state index in [9.17, 15) is 8.42 Å². The first kappa shape index (κ1) is 29.3. The van der Waals surface area contributed by atoms with Crippen molar-refractivity contribution in [2.24, 2.45) is 0 Å². The van der Waals surface area contributed by atoms with Gasteiger partial charge in [0.2, 0.25) is 5.69 Å². The number of nitrogens with zero attached hydrogens (tertiary/aromatic N) is 2. The van der Waals surface area contributed by atoms with Gasteiger partial charge in [-0.1, -0.05) is 80.1 Å². The number of aryl methyl sites for hydroxylation is 1. The molecule has 5 nitrogen and oxygen atoms in total. The van der Waals surface area contributed by atoms with E-state index >= 15 is 0 Å². The Morgan fingerprint density at radius 1 is 0.857 bits per heavy atom. The molecule has 6 heteroatoms. The average Bonchev–Trinajstić information content (AvgIpc) is 3.27. The van der Waals surface area contributed by atoms with Crippen LogP contribution in [0.15, 0.2) is 126 Å². The van der Waals surface area contributed by atoms with Crippen LogP contribution in [-0.2, 0) is 20.9 Å². The van der Waals surface area contributed by atoms with Crippen molar-refractivity contribution in [3.8, 4) is 0 Å². The molecule has 0 saturated carbocycles. The lowest BCUT2D eigenvalue weighted by Crippen LogP contribution is -2.26. The van der Waals surface area contributed by atoms with Gasteiger partial charge in [0.25, 0.3) is 10.0 Å². The Kier molecular flexibility index (Phi) is 7.62. The lowest BCUT2D eigenvalue weighted by atomic mass is 9.81. The van der Waals surface area contributed by atoms with Crippen molar-refractivity contribution >= 4 is 27.1 Å². The van der Waals surface area contributed by atoms with Crippen molar-refractivity contribution in [3.63, 3.8) is 0 Å². The standard InChI is InChI=1S/C36H39N3O2S/c1-26-22-24-28(25-23-26)42(40,41)37-27(14-12-20-33-35(2,3)29-16-8-10-18-31(29)38(33)6)15-13-21-34-36(4,5)30-17-9-11-19-32(30)39(34)7/h8-25H,1-7H3/p+1. The number of rotatable bonds is 7. The third-order valence-corrected chi connectivity index (χ3v) is 9.92. The highest BCUT2D eigenvalue weighted by atomic mass is 32.2. The molecule has 0 aromatic heterocycles. The van der Waals surface area contributed by atoms with Crippen LogP contribution in [0.25, 0.3) is 0 Å². The van der Waals surface area contributed by atoms with E-state index in [4.69, 9.17) is 0 Å². The number of anilines is 1. The van der Waals surface area contributed by atoms with Crippen molar-refractivity contribution in [2.75, 3.05) is 19.0 Å². The molecule has 0 bridgehead atoms. The molecule has 1 N–H and O–H groups in total. The Labute approximate surface area is 251 Å². The summed E-state index contributed by atoms with van der Waals surface area (Å²) in [7, 11) is 0.361. The van der Waals surface area contributed by atoms with E-state index in [1.807, 2.05) is 31.2 Å². The van der Waals surface area contributed by atoms with E-state index in [1.54, 1.807) is 24.3 Å². The van der Waals surface area contributed by atoms with Gasteiger partial charge in [-0.25, -0.2) is 8.42 Å². The number of benzene rings is 3. The van der Waals surface area contributed by atoms with Gasteiger partial charge in [-0.3, -0.25) is 4.72 Å². The second-order valence-electron chi connectivity index (χ2n) is 12.1. The van der Waals surface area contributed by atoms with Gasteiger partial charge in [0, 0.05) is 47.2 Å². The molecule has 42 heavy (non-hydrogen) atoms. The molecular weight excluding hydrogens is 538 g/mol. The minimum Gasteiger partial charge on any atom is -0.347 e. The largest absolute Gasteiger partial charge is 0.347 e. The molecule has 0 spiro atoms. The number of para-hydroxylation sites is 2. The molecule has 0 saturated heterocycles. The molecule has 5 rings (SSSR count). The molecule has 0 atom stereocenters. The maximum absolute atomic E-state index is 13.4. The Morgan fingerprint density at radius 3 is 2.17 bits per heavy atom. The van der Waals surface area contributed by atoms with E-state index in [0.717, 1.165) is 17.0 Å². The van der Waals surface area contributed by atoms with Crippen LogP contribution < -0.4 is 9.62 Å². The Hall–Kier alpha value is -4.16. The number of hydrogen-bond acceptors (Lipinski definition) is 3. The number of nitrogens with one attached hydrogen (secondary N) is 1. The van der Waals surface area contributed by atoms with Crippen molar-refractivity contribution < 1.29 is 13.0 Å². The average molecular weight is 579 g/mol. The summed E-state index contributed by atoms with van der Waals surface area (Å²) in [5.41, 5.74) is 8.30. The van der Waals surface area contributed by atoms with E-state index in [1.165, 1.54) is 22.5 Å². The van der Waals surface area contributed by atoms with Gasteiger partial charge in [-0.05, 0) is 62.8 Å². The molecule has 0 fully saturated rings. The summed E-state index contributed by atoms with van der Waals surface area (Å²) in [5.74, 6) is 0. The highest BCUT2D eigenvalue weighted by Crippen LogP contribution is 2.46. The zero-order valence-electron chi connectivity index (χ0n) is 25.5. The fraction of sp³-hybridized carbons (Fsp3) is 0.250. The smallest absolute Gasteiger partial charge is 0.261 e. The Balaban J connectivity index is 1.49. The van der Waals surface area contributed by atoms with Gasteiger partial charge < -0.3 is 4.90 Å². The molecule has 3 aromatic rings. The van der Waals surface area contributed by atoms with E-state index in [0.29, 0.717) is 5.70 Å². The Bertz CT molecular complexity index is 1790. The molecule has 2 aliphatic rings. The van der Waals surface area contributed by atoms with Crippen molar-refractivity contribution in [3.05, 3.63) is 137 Å². The summed E-state index contributed by atoms with van der Waals surface area (Å²) in [4.78, 5) is 2.43. The quantitative estimate of drug-likeness (QED) is 0.237. The molecule has 0 unspecified atom stereocenters. The van der Waals surface area contributed by atoms with Crippen LogP contribution in [0.5, 0.6) is 0 Å². The van der Waals surface area contributed by atoms with E-state index in [2.05, 4.69) is 117 Å². The molecule has 3 aromatic carbocycles. The van der Waals surface area contributed by atoms with Crippen LogP contribution in [0.4, 0.5) is 11.4 Å². The first-order valence-electron chi connectivity index (χ1n) is 14.2. The summed E-state index contributed by atoms with van der Waals surface area (Å²) >= 11 is 0. The van der Waals surface area contributed by atoms with Crippen LogP contribution in [-0.4, -0.2) is 32.8 Å². The molecular formula is C36H40N3O2S+. The van der Waals surface area contributed by atoms with Crippen molar-refractivity contribution in [2.45, 2.75) is 50.3 Å². The van der Waals surface area contributed by atoms with Crippen molar-refractivity contribution in [1.29, 1.82) is 0 Å². The molecule has 0 aliphatic carbocycles. The van der Waals surface area contributed by atoms with Gasteiger partial charge in [0.1, 0.15) is 7.05 Å². The number of hydrogen-bond donors (Lipinski definition) is 1. The van der Waals surface area contributed by atoms with Crippen molar-refractivity contribution in [1.82, 2.24) is 4.72 Å². The topological polar surface area (TPSA) is 52.4 Å². The monoisotopic (exact) mass is 578 g/mol. The predicted molar refractivity (Wildman–Crippen MR) is 174 cm³/mol. The van der Waals surface area contributed by atoms with Gasteiger partial charge in [0.05, 0.1) is 10.3 Å². The third kappa shape index (κ3) is 5.27. The summed E-state index contributed by atoms with van der Waals surface area (Å²) in [6, 6.07) is 23.7. The van der Waals surface area contributed by atoms with Crippen LogP contribution in [0.2, 0.25) is 0 Å². The summed E-state index contributed by atoms with van der Waals surface area (Å²) < 4.78 is 31.7. The fourth-order valence-electron chi connectivity index (χ4n) is 6.14. The van der Waals surface area contributed by atoms with Crippen LogP contribution in [0.3, 0.4) is 0 Å². The lowest BCUT2D eigenvalue weighted by Gasteiger charge is -2.23. The molecule has 2 aliphatic heterocycles. The minimum absolute atomic E-state index is 0.175. The van der Waals surface area contributed by atoms with E-state index in [-0.39, 0.29) is 15.7 Å². The highest BCUT2D eigenvalue weighted by molar-refractivity contribution is 7.89. The second kappa shape index (κ2) is 10.9. The molecule has 216 valence electrons. The second-order valence-corrected chi connectivity index (χ2v) is 13.8. The first-order valence-corrected chi connectivity index (χ1v) is 15.7. The summed E-state index contributed by atoms with van der Waals surface area (Å²) in [5, 5.41) is 0. The normalized spacial score (nSPS) is 18.8. The minimum atomic E-state index is -3.78. The molecule has 0 amide bonds. The molecule has 0 radical (unpaired) electrons. The number of sulfonamides is 1. The fourth-order valence-corrected chi connectivity index (χ4v) is 7.20. The Morgan fingerprint density at radius 2 is 1.50 bits per heavy atom. The summed E-state index contributed by atoms with van der Waals surface area (Å²) in [6.07, 6.45) is 11.6. The lowest BCUT2D eigenvalue weighted by molar-refractivity contribution is -0.401. The number of likely N-dealkylation sites (N-methyl/N-ethyl adjacent to an activating group) is 1. The SMILES string of the molecule is Cc1ccc(S(=O)(=O)NC(C=CC=C2N(C)c3ccccc3C2(C)C)=CC=CC2=[N+](C)c3ccccc3C2(C)C)cc1. The van der Waals surface area contributed by atoms with Gasteiger partial charge in [-0.15, -0.1) is 0 Å². The number of fused-ring (bicyclic) bond motifs is 2. The highest BCUT2D eigenvalue weighted by Gasteiger charge is 2.42.